The summed E-state index contributed by atoms with van der Waals surface area (Å²) in [6.07, 6.45) is 3.23. The summed E-state index contributed by atoms with van der Waals surface area (Å²) in [5.74, 6) is -0.0227. The van der Waals surface area contributed by atoms with E-state index in [9.17, 15) is 4.79 Å². The predicted octanol–water partition coefficient (Wildman–Crippen LogP) is 5.51. The Morgan fingerprint density at radius 1 is 0.920 bits per heavy atom. The summed E-state index contributed by atoms with van der Waals surface area (Å²) in [6.45, 7) is 4.15. The third-order valence-electron chi connectivity index (χ3n) is 4.01. The lowest BCUT2D eigenvalue weighted by molar-refractivity contribution is 0.104. The van der Waals surface area contributed by atoms with Gasteiger partial charge < -0.3 is 9.88 Å². The monoisotopic (exact) mass is 442 g/mol. The molecule has 0 saturated heterocycles. The van der Waals surface area contributed by atoms with Crippen molar-refractivity contribution in [3.63, 3.8) is 0 Å². The first kappa shape index (κ1) is 17.5. The van der Waals surface area contributed by atoms with Gasteiger partial charge in [0.25, 0.3) is 0 Å². The molecule has 3 aromatic rings. The molecule has 0 atom stereocenters. The zero-order valence-electron chi connectivity index (χ0n) is 14.2. The molecule has 0 amide bonds. The SMILES string of the molecule is Cc1ccc(C)n1-c1ccc(C(=O)/C=C/Nc2ccc(I)cc2)cc1. The van der Waals surface area contributed by atoms with E-state index in [1.807, 2.05) is 48.5 Å². The molecule has 126 valence electrons. The number of aromatic nitrogens is 1. The molecule has 2 aromatic carbocycles. The molecule has 0 unspecified atom stereocenters. The maximum atomic E-state index is 12.3. The van der Waals surface area contributed by atoms with E-state index in [2.05, 4.69) is 58.5 Å². The van der Waals surface area contributed by atoms with Crippen LogP contribution in [0.2, 0.25) is 0 Å². The summed E-state index contributed by atoms with van der Waals surface area (Å²) in [5.41, 5.74) is 5.05. The molecule has 0 saturated carbocycles. The molecule has 3 rings (SSSR count). The Hall–Kier alpha value is -2.34. The number of nitrogens with one attached hydrogen (secondary N) is 1. The highest BCUT2D eigenvalue weighted by molar-refractivity contribution is 14.1. The maximum Gasteiger partial charge on any atom is 0.187 e. The van der Waals surface area contributed by atoms with Gasteiger partial charge in [0.15, 0.2) is 5.78 Å². The van der Waals surface area contributed by atoms with Crippen molar-refractivity contribution in [2.24, 2.45) is 0 Å². The number of anilines is 1. The van der Waals surface area contributed by atoms with Crippen molar-refractivity contribution >= 4 is 34.1 Å². The van der Waals surface area contributed by atoms with Gasteiger partial charge in [0.1, 0.15) is 0 Å². The maximum absolute atomic E-state index is 12.3. The van der Waals surface area contributed by atoms with Crippen LogP contribution in [0.4, 0.5) is 5.69 Å². The van der Waals surface area contributed by atoms with E-state index in [1.165, 1.54) is 15.0 Å². The standard InChI is InChI=1S/C21H19IN2O/c1-15-3-4-16(2)24(15)20-11-5-17(6-12-20)21(25)13-14-23-19-9-7-18(22)8-10-19/h3-14,23H,1-2H3/b14-13+. The van der Waals surface area contributed by atoms with E-state index in [0.29, 0.717) is 5.56 Å². The van der Waals surface area contributed by atoms with Crippen molar-refractivity contribution in [3.8, 4) is 5.69 Å². The largest absolute Gasteiger partial charge is 0.362 e. The lowest BCUT2D eigenvalue weighted by Gasteiger charge is -2.09. The van der Waals surface area contributed by atoms with Gasteiger partial charge in [0, 0.05) is 44.2 Å². The van der Waals surface area contributed by atoms with Crippen molar-refractivity contribution < 1.29 is 4.79 Å². The van der Waals surface area contributed by atoms with Crippen molar-refractivity contribution in [2.75, 3.05) is 5.32 Å². The number of benzene rings is 2. The average molecular weight is 442 g/mol. The number of allylic oxidation sites excluding steroid dienone is 1. The number of aryl methyl sites for hydroxylation is 2. The Morgan fingerprint density at radius 2 is 1.52 bits per heavy atom. The van der Waals surface area contributed by atoms with E-state index >= 15 is 0 Å². The fourth-order valence-electron chi connectivity index (χ4n) is 2.71. The van der Waals surface area contributed by atoms with Gasteiger partial charge in [-0.3, -0.25) is 4.79 Å². The minimum absolute atomic E-state index is 0.0227. The fraction of sp³-hybridized carbons (Fsp3) is 0.0952. The molecule has 0 bridgehead atoms. The molecular formula is C21H19IN2O. The van der Waals surface area contributed by atoms with Crippen LogP contribution in [0.3, 0.4) is 0 Å². The van der Waals surface area contributed by atoms with Crippen LogP contribution in [0, 0.1) is 17.4 Å². The van der Waals surface area contributed by atoms with E-state index < -0.39 is 0 Å². The third kappa shape index (κ3) is 4.20. The van der Waals surface area contributed by atoms with Gasteiger partial charge in [-0.1, -0.05) is 0 Å². The summed E-state index contributed by atoms with van der Waals surface area (Å²) >= 11 is 2.26. The molecule has 1 aromatic heterocycles. The van der Waals surface area contributed by atoms with Gasteiger partial charge in [0.2, 0.25) is 0 Å². The number of nitrogens with zero attached hydrogens (tertiary/aromatic N) is 1. The minimum Gasteiger partial charge on any atom is -0.362 e. The Kier molecular flexibility index (Phi) is 5.38. The van der Waals surface area contributed by atoms with Crippen LogP contribution in [0.1, 0.15) is 21.7 Å². The van der Waals surface area contributed by atoms with Crippen LogP contribution in [-0.4, -0.2) is 10.4 Å². The quantitative estimate of drug-likeness (QED) is 0.321. The smallest absolute Gasteiger partial charge is 0.187 e. The van der Waals surface area contributed by atoms with Crippen LogP contribution >= 0.6 is 22.6 Å². The number of carbonyl (C=O) groups is 1. The molecule has 0 radical (unpaired) electrons. The van der Waals surface area contributed by atoms with Crippen LogP contribution in [-0.2, 0) is 0 Å². The first-order valence-electron chi connectivity index (χ1n) is 8.03. The van der Waals surface area contributed by atoms with Gasteiger partial charge in [0.05, 0.1) is 0 Å². The number of ketones is 1. The molecule has 0 spiro atoms. The van der Waals surface area contributed by atoms with E-state index in [-0.39, 0.29) is 5.78 Å². The lowest BCUT2D eigenvalue weighted by Crippen LogP contribution is -2.00. The topological polar surface area (TPSA) is 34.0 Å². The highest BCUT2D eigenvalue weighted by Crippen LogP contribution is 2.17. The highest BCUT2D eigenvalue weighted by Gasteiger charge is 2.06. The second-order valence-corrected chi connectivity index (χ2v) is 7.09. The average Bonchev–Trinajstić information content (AvgIpc) is 2.95. The first-order chi connectivity index (χ1) is 12.0. The molecule has 0 aliphatic rings. The molecule has 0 aliphatic carbocycles. The Bertz CT molecular complexity index is 887. The van der Waals surface area contributed by atoms with Crippen LogP contribution in [0.5, 0.6) is 0 Å². The van der Waals surface area contributed by atoms with Gasteiger partial charge in [-0.15, -0.1) is 0 Å². The van der Waals surface area contributed by atoms with Gasteiger partial charge in [-0.2, -0.15) is 0 Å². The highest BCUT2D eigenvalue weighted by atomic mass is 127. The molecule has 0 aliphatic heterocycles. The predicted molar refractivity (Wildman–Crippen MR) is 111 cm³/mol. The molecule has 1 N–H and O–H groups in total. The van der Waals surface area contributed by atoms with Crippen LogP contribution in [0.25, 0.3) is 5.69 Å². The summed E-state index contributed by atoms with van der Waals surface area (Å²) in [4.78, 5) is 12.3. The molecule has 3 nitrogen and oxygen atoms in total. The van der Waals surface area contributed by atoms with Crippen molar-refractivity contribution in [1.82, 2.24) is 4.57 Å². The van der Waals surface area contributed by atoms with Gasteiger partial charge >= 0.3 is 0 Å². The zero-order valence-corrected chi connectivity index (χ0v) is 16.3. The minimum atomic E-state index is -0.0227. The number of rotatable bonds is 5. The molecular weight excluding hydrogens is 423 g/mol. The number of halogens is 1. The normalized spacial score (nSPS) is 11.0. The summed E-state index contributed by atoms with van der Waals surface area (Å²) in [7, 11) is 0. The van der Waals surface area contributed by atoms with Crippen molar-refractivity contribution in [1.29, 1.82) is 0 Å². The fourth-order valence-corrected chi connectivity index (χ4v) is 3.07. The number of hydrogen-bond donors (Lipinski definition) is 1. The van der Waals surface area contributed by atoms with E-state index in [4.69, 9.17) is 0 Å². The molecule has 25 heavy (non-hydrogen) atoms. The van der Waals surface area contributed by atoms with E-state index in [1.54, 1.807) is 12.3 Å². The number of carbonyl (C=O) groups excluding carboxylic acids is 1. The number of hydrogen-bond acceptors (Lipinski definition) is 2. The third-order valence-corrected chi connectivity index (χ3v) is 4.73. The molecule has 1 heterocycles. The Labute approximate surface area is 161 Å². The van der Waals surface area contributed by atoms with Crippen LogP contribution in [0.15, 0.2) is 72.9 Å². The Morgan fingerprint density at radius 3 is 2.12 bits per heavy atom. The van der Waals surface area contributed by atoms with Gasteiger partial charge in [-0.05, 0) is 97.1 Å². The Balaban J connectivity index is 1.68. The summed E-state index contributed by atoms with van der Waals surface area (Å²) in [6, 6.07) is 19.9. The second kappa shape index (κ2) is 7.70. The van der Waals surface area contributed by atoms with Gasteiger partial charge in [-0.25, -0.2) is 0 Å². The van der Waals surface area contributed by atoms with Crippen molar-refractivity contribution in [2.45, 2.75) is 13.8 Å². The summed E-state index contributed by atoms with van der Waals surface area (Å²) in [5, 5.41) is 3.11. The van der Waals surface area contributed by atoms with E-state index in [0.717, 1.165) is 11.4 Å². The lowest BCUT2D eigenvalue weighted by atomic mass is 10.1. The zero-order chi connectivity index (χ0) is 17.8. The molecule has 4 heteroatoms. The first-order valence-corrected chi connectivity index (χ1v) is 9.11. The summed E-state index contributed by atoms with van der Waals surface area (Å²) < 4.78 is 3.35. The van der Waals surface area contributed by atoms with Crippen LogP contribution < -0.4 is 5.32 Å². The second-order valence-electron chi connectivity index (χ2n) is 5.85. The molecule has 0 fully saturated rings. The van der Waals surface area contributed by atoms with Crippen molar-refractivity contribution in [3.05, 3.63) is 93.5 Å².